The van der Waals surface area contributed by atoms with Crippen LogP contribution in [0.2, 0.25) is 0 Å². The van der Waals surface area contributed by atoms with E-state index in [0.29, 0.717) is 17.7 Å². The van der Waals surface area contributed by atoms with Crippen molar-refractivity contribution in [3.63, 3.8) is 0 Å². The van der Waals surface area contributed by atoms with Crippen molar-refractivity contribution in [2.45, 2.75) is 38.3 Å². The number of rotatable bonds is 6. The zero-order chi connectivity index (χ0) is 27.8. The second-order valence-corrected chi connectivity index (χ2v) is 9.40. The third-order valence-electron chi connectivity index (χ3n) is 6.87. The highest BCUT2D eigenvalue weighted by molar-refractivity contribution is 5.99. The van der Waals surface area contributed by atoms with Gasteiger partial charge in [-0.3, -0.25) is 14.4 Å². The first-order chi connectivity index (χ1) is 18.7. The topological polar surface area (TPSA) is 101 Å². The Balaban J connectivity index is 1.57. The van der Waals surface area contributed by atoms with Gasteiger partial charge < -0.3 is 24.6 Å². The number of aliphatic hydroxyl groups excluding tert-OH is 1. The summed E-state index contributed by atoms with van der Waals surface area (Å²) in [6, 6.07) is 8.71. The van der Waals surface area contributed by atoms with Crippen LogP contribution in [0.3, 0.4) is 0 Å². The van der Waals surface area contributed by atoms with Gasteiger partial charge in [0.1, 0.15) is 29.6 Å². The molecule has 2 amide bonds. The van der Waals surface area contributed by atoms with Crippen LogP contribution >= 0.6 is 0 Å². The maximum atomic E-state index is 14.1. The van der Waals surface area contributed by atoms with E-state index in [2.05, 4.69) is 5.32 Å². The Labute approximate surface area is 220 Å². The molecule has 2 aromatic carbocycles. The van der Waals surface area contributed by atoms with Crippen LogP contribution in [-0.2, 0) is 13.2 Å². The summed E-state index contributed by atoms with van der Waals surface area (Å²) in [7, 11) is 0. The van der Waals surface area contributed by atoms with Gasteiger partial charge in [0.2, 0.25) is 5.43 Å². The molecular weight excluding hydrogens is 515 g/mol. The summed E-state index contributed by atoms with van der Waals surface area (Å²) < 4.78 is 48.7. The van der Waals surface area contributed by atoms with Crippen molar-refractivity contribution < 1.29 is 32.6 Å². The largest absolute Gasteiger partial charge is 0.483 e. The summed E-state index contributed by atoms with van der Waals surface area (Å²) in [4.78, 5) is 41.7. The Kier molecular flexibility index (Phi) is 7.00. The van der Waals surface area contributed by atoms with E-state index in [1.54, 1.807) is 49.4 Å². The minimum atomic E-state index is -1.20. The molecule has 5 rings (SSSR count). The highest BCUT2D eigenvalue weighted by Gasteiger charge is 2.41. The number of benzene rings is 2. The Morgan fingerprint density at radius 1 is 1.10 bits per heavy atom. The molecule has 1 unspecified atom stereocenters. The van der Waals surface area contributed by atoms with Crippen LogP contribution in [-0.4, -0.2) is 45.1 Å². The number of carbonyl (C=O) groups excluding carboxylic acids is 2. The number of hydrogen-bond acceptors (Lipinski definition) is 5. The van der Waals surface area contributed by atoms with E-state index in [0.717, 1.165) is 6.20 Å². The van der Waals surface area contributed by atoms with Crippen molar-refractivity contribution in [2.24, 2.45) is 0 Å². The molecular formula is C28H24F3N3O5. The Hall–Kier alpha value is -4.38. The minimum absolute atomic E-state index is 0.0888. The smallest absolute Gasteiger partial charge is 0.275 e. The summed E-state index contributed by atoms with van der Waals surface area (Å²) in [6.45, 7) is 1.12. The SMILES string of the molecule is C[C@H]1C=C[C@@H](O)C2CN1C(=O)c1c(OCc3ccccc3)c(=O)c(C(=O)NCc3c(F)cc(F)cc3F)cn12. The van der Waals surface area contributed by atoms with E-state index in [4.69, 9.17) is 4.74 Å². The highest BCUT2D eigenvalue weighted by atomic mass is 19.1. The molecule has 1 aromatic heterocycles. The molecule has 0 saturated heterocycles. The molecule has 2 aliphatic heterocycles. The first-order valence-corrected chi connectivity index (χ1v) is 12.2. The molecule has 2 aliphatic rings. The summed E-state index contributed by atoms with van der Waals surface area (Å²) in [6.07, 6.45) is 3.32. The molecule has 3 atom stereocenters. The lowest BCUT2D eigenvalue weighted by Crippen LogP contribution is -2.49. The number of carbonyl (C=O) groups is 2. The molecule has 0 radical (unpaired) electrons. The fourth-order valence-electron chi connectivity index (χ4n) is 4.75. The molecule has 0 saturated carbocycles. The summed E-state index contributed by atoms with van der Waals surface area (Å²) in [5.41, 5.74) is -1.37. The number of hydrogen-bond donors (Lipinski definition) is 2. The highest BCUT2D eigenvalue weighted by Crippen LogP contribution is 2.33. The van der Waals surface area contributed by atoms with Gasteiger partial charge in [-0.1, -0.05) is 42.5 Å². The predicted molar refractivity (Wildman–Crippen MR) is 134 cm³/mol. The van der Waals surface area contributed by atoms with Gasteiger partial charge in [-0.25, -0.2) is 13.2 Å². The van der Waals surface area contributed by atoms with Crippen LogP contribution in [0.1, 0.15) is 44.9 Å². The van der Waals surface area contributed by atoms with E-state index in [1.807, 2.05) is 0 Å². The lowest BCUT2D eigenvalue weighted by atomic mass is 10.0. The Bertz CT molecular complexity index is 1520. The number of fused-ring (bicyclic) bond motifs is 4. The number of halogens is 3. The maximum Gasteiger partial charge on any atom is 0.275 e. The van der Waals surface area contributed by atoms with Crippen LogP contribution in [0.25, 0.3) is 0 Å². The van der Waals surface area contributed by atoms with Crippen molar-refractivity contribution >= 4 is 11.8 Å². The second-order valence-electron chi connectivity index (χ2n) is 9.40. The van der Waals surface area contributed by atoms with E-state index >= 15 is 0 Å². The monoisotopic (exact) mass is 539 g/mol. The molecule has 2 bridgehead atoms. The number of amides is 2. The minimum Gasteiger partial charge on any atom is -0.483 e. The van der Waals surface area contributed by atoms with Crippen molar-refractivity contribution in [3.05, 3.63) is 111 Å². The molecule has 0 spiro atoms. The van der Waals surface area contributed by atoms with Gasteiger partial charge in [0.25, 0.3) is 11.8 Å². The van der Waals surface area contributed by atoms with Gasteiger partial charge in [-0.2, -0.15) is 0 Å². The van der Waals surface area contributed by atoms with E-state index in [9.17, 15) is 32.7 Å². The summed E-state index contributed by atoms with van der Waals surface area (Å²) in [5, 5.41) is 13.1. The number of nitrogens with zero attached hydrogens (tertiary/aromatic N) is 2. The molecule has 0 aliphatic carbocycles. The van der Waals surface area contributed by atoms with Crippen LogP contribution in [0.15, 0.2) is 65.6 Å². The number of nitrogens with one attached hydrogen (secondary N) is 1. The normalized spacial score (nSPS) is 19.9. The lowest BCUT2D eigenvalue weighted by Gasteiger charge is -2.38. The predicted octanol–water partition coefficient (Wildman–Crippen LogP) is 3.09. The quantitative estimate of drug-likeness (QED) is 0.469. The fourth-order valence-corrected chi connectivity index (χ4v) is 4.75. The van der Waals surface area contributed by atoms with Crippen molar-refractivity contribution in [3.8, 4) is 5.75 Å². The fraction of sp³-hybridized carbons (Fsp3) is 0.250. The van der Waals surface area contributed by atoms with E-state index < -0.39 is 64.5 Å². The first kappa shape index (κ1) is 26.2. The van der Waals surface area contributed by atoms with Crippen LogP contribution < -0.4 is 15.5 Å². The number of aromatic nitrogens is 1. The van der Waals surface area contributed by atoms with Crippen LogP contribution in [0.5, 0.6) is 5.75 Å². The van der Waals surface area contributed by atoms with Gasteiger partial charge in [0.15, 0.2) is 11.4 Å². The molecule has 3 heterocycles. The standard InChI is InChI=1S/C28H24F3N3O5/c1-15-7-8-23(35)22-13-33(15)28(38)24-26(39-14-16-5-3-2-4-6-16)25(36)19(12-34(22)24)27(37)32-11-18-20(30)9-17(29)10-21(18)31/h2-10,12,15,22-23,35H,11,13-14H2,1H3,(H,32,37)/t15-,22?,23+/m0/s1. The van der Waals surface area contributed by atoms with Gasteiger partial charge in [0.05, 0.1) is 12.1 Å². The number of ether oxygens (including phenoxy) is 1. The molecule has 2 N–H and O–H groups in total. The average molecular weight is 540 g/mol. The molecule has 0 fully saturated rings. The molecule has 8 nitrogen and oxygen atoms in total. The van der Waals surface area contributed by atoms with Crippen molar-refractivity contribution in [1.29, 1.82) is 0 Å². The lowest BCUT2D eigenvalue weighted by molar-refractivity contribution is 0.0530. The van der Waals surface area contributed by atoms with Crippen molar-refractivity contribution in [1.82, 2.24) is 14.8 Å². The zero-order valence-electron chi connectivity index (χ0n) is 20.7. The summed E-state index contributed by atoms with van der Waals surface area (Å²) >= 11 is 0. The molecule has 11 heteroatoms. The Morgan fingerprint density at radius 3 is 2.49 bits per heavy atom. The summed E-state index contributed by atoms with van der Waals surface area (Å²) in [5.74, 6) is -5.40. The third-order valence-corrected chi connectivity index (χ3v) is 6.87. The van der Waals surface area contributed by atoms with Gasteiger partial charge in [-0.05, 0) is 12.5 Å². The van der Waals surface area contributed by atoms with Crippen molar-refractivity contribution in [2.75, 3.05) is 6.54 Å². The molecule has 39 heavy (non-hydrogen) atoms. The zero-order valence-corrected chi connectivity index (χ0v) is 20.7. The van der Waals surface area contributed by atoms with Gasteiger partial charge >= 0.3 is 0 Å². The van der Waals surface area contributed by atoms with Gasteiger partial charge in [-0.15, -0.1) is 0 Å². The number of pyridine rings is 1. The van der Waals surface area contributed by atoms with Crippen LogP contribution in [0, 0.1) is 17.5 Å². The second kappa shape index (κ2) is 10.4. The molecule has 202 valence electrons. The third kappa shape index (κ3) is 4.92. The molecule has 3 aromatic rings. The first-order valence-electron chi connectivity index (χ1n) is 12.2. The maximum absolute atomic E-state index is 14.1. The van der Waals surface area contributed by atoms with E-state index in [1.165, 1.54) is 9.47 Å². The number of aliphatic hydroxyl groups is 1. The average Bonchev–Trinajstić information content (AvgIpc) is 3.03. The van der Waals surface area contributed by atoms with Gasteiger partial charge in [0, 0.05) is 43.0 Å². The van der Waals surface area contributed by atoms with E-state index in [-0.39, 0.29) is 30.6 Å². The Morgan fingerprint density at radius 2 is 1.79 bits per heavy atom. The van der Waals surface area contributed by atoms with Crippen LogP contribution in [0.4, 0.5) is 13.2 Å².